The van der Waals surface area contributed by atoms with Gasteiger partial charge in [0.05, 0.1) is 12.0 Å². The highest BCUT2D eigenvalue weighted by Crippen LogP contribution is 2.22. The molecule has 3 N–H and O–H groups in total. The number of carbonyl (C=O) groups is 2. The smallest absolute Gasteiger partial charge is 0.318 e. The lowest BCUT2D eigenvalue weighted by Gasteiger charge is -2.12. The van der Waals surface area contributed by atoms with Crippen molar-refractivity contribution in [3.05, 3.63) is 23.8 Å². The van der Waals surface area contributed by atoms with Gasteiger partial charge in [0.2, 0.25) is 15.9 Å². The van der Waals surface area contributed by atoms with Crippen LogP contribution in [0, 0.1) is 0 Å². The van der Waals surface area contributed by atoms with Crippen molar-refractivity contribution >= 4 is 21.9 Å². The Labute approximate surface area is 128 Å². The maximum atomic E-state index is 12.0. The van der Waals surface area contributed by atoms with Crippen LogP contribution < -0.4 is 14.8 Å². The molecule has 0 aromatic heterocycles. The van der Waals surface area contributed by atoms with Crippen LogP contribution in [0.4, 0.5) is 0 Å². The first-order valence-corrected chi connectivity index (χ1v) is 7.93. The molecule has 0 aliphatic rings. The molecule has 1 aromatic carbocycles. The zero-order valence-corrected chi connectivity index (χ0v) is 13.1. The Bertz CT molecular complexity index is 656. The van der Waals surface area contributed by atoms with Gasteiger partial charge in [-0.2, -0.15) is 4.72 Å². The number of hydrogen-bond acceptors (Lipinski definition) is 5. The molecule has 1 aromatic rings. The van der Waals surface area contributed by atoms with Gasteiger partial charge in [-0.05, 0) is 18.2 Å². The Morgan fingerprint density at radius 2 is 2.00 bits per heavy atom. The molecule has 1 rings (SSSR count). The van der Waals surface area contributed by atoms with E-state index in [1.165, 1.54) is 25.3 Å². The molecule has 0 saturated carbocycles. The molecule has 122 valence electrons. The number of amides is 1. The normalized spacial score (nSPS) is 11.0. The molecular formula is C13H18N2O6S. The zero-order chi connectivity index (χ0) is 16.8. The van der Waals surface area contributed by atoms with E-state index in [1.807, 2.05) is 4.72 Å². The van der Waals surface area contributed by atoms with Gasteiger partial charge >= 0.3 is 5.97 Å². The molecule has 22 heavy (non-hydrogen) atoms. The van der Waals surface area contributed by atoms with Gasteiger partial charge in [-0.3, -0.25) is 9.59 Å². The SMILES string of the molecule is CCC(=O)NCc1cc(S(=O)(=O)NCC(=O)O)ccc1OC. The minimum Gasteiger partial charge on any atom is -0.496 e. The van der Waals surface area contributed by atoms with Crippen molar-refractivity contribution in [3.63, 3.8) is 0 Å². The molecule has 0 aliphatic carbocycles. The molecule has 9 heteroatoms. The van der Waals surface area contributed by atoms with Gasteiger partial charge in [0.15, 0.2) is 0 Å². The monoisotopic (exact) mass is 330 g/mol. The third kappa shape index (κ3) is 5.01. The van der Waals surface area contributed by atoms with E-state index in [-0.39, 0.29) is 17.3 Å². The number of methoxy groups -OCH3 is 1. The van der Waals surface area contributed by atoms with Crippen LogP contribution in [0.5, 0.6) is 5.75 Å². The highest BCUT2D eigenvalue weighted by Gasteiger charge is 2.17. The first-order chi connectivity index (χ1) is 10.3. The van der Waals surface area contributed by atoms with E-state index in [2.05, 4.69) is 5.32 Å². The average molecular weight is 330 g/mol. The van der Waals surface area contributed by atoms with Crippen molar-refractivity contribution < 1.29 is 27.9 Å². The number of ether oxygens (including phenoxy) is 1. The molecule has 0 saturated heterocycles. The molecule has 0 heterocycles. The van der Waals surface area contributed by atoms with E-state index < -0.39 is 22.5 Å². The minimum atomic E-state index is -3.95. The van der Waals surface area contributed by atoms with Crippen LogP contribution in [0.1, 0.15) is 18.9 Å². The van der Waals surface area contributed by atoms with Crippen molar-refractivity contribution in [1.29, 1.82) is 0 Å². The summed E-state index contributed by atoms with van der Waals surface area (Å²) >= 11 is 0. The number of aliphatic carboxylic acids is 1. The summed E-state index contributed by atoms with van der Waals surface area (Å²) in [7, 11) is -2.52. The van der Waals surface area contributed by atoms with E-state index in [1.54, 1.807) is 6.92 Å². The molecule has 8 nitrogen and oxygen atoms in total. The fourth-order valence-corrected chi connectivity index (χ4v) is 2.64. The van der Waals surface area contributed by atoms with E-state index in [9.17, 15) is 18.0 Å². The van der Waals surface area contributed by atoms with Gasteiger partial charge in [0.1, 0.15) is 12.3 Å². The van der Waals surface area contributed by atoms with Crippen molar-refractivity contribution in [1.82, 2.24) is 10.0 Å². The summed E-state index contributed by atoms with van der Waals surface area (Å²) in [4.78, 5) is 21.7. The lowest BCUT2D eigenvalue weighted by molar-refractivity contribution is -0.135. The quantitative estimate of drug-likeness (QED) is 0.621. The van der Waals surface area contributed by atoms with Crippen LogP contribution in [0.3, 0.4) is 0 Å². The third-order valence-electron chi connectivity index (χ3n) is 2.77. The van der Waals surface area contributed by atoms with Crippen LogP contribution >= 0.6 is 0 Å². The minimum absolute atomic E-state index is 0.102. The zero-order valence-electron chi connectivity index (χ0n) is 12.3. The first kappa shape index (κ1) is 17.9. The van der Waals surface area contributed by atoms with Crippen LogP contribution in [-0.4, -0.2) is 39.1 Å². The van der Waals surface area contributed by atoms with Crippen molar-refractivity contribution in [3.8, 4) is 5.75 Å². The number of sulfonamides is 1. The molecule has 0 bridgehead atoms. The molecule has 0 radical (unpaired) electrons. The number of nitrogens with one attached hydrogen (secondary N) is 2. The van der Waals surface area contributed by atoms with Gasteiger partial charge in [-0.15, -0.1) is 0 Å². The maximum absolute atomic E-state index is 12.0. The summed E-state index contributed by atoms with van der Waals surface area (Å²) in [6, 6.07) is 4.08. The predicted octanol–water partition coefficient (Wildman–Crippen LogP) is 0.0843. The number of carboxylic acids is 1. The Kier molecular flexibility index (Phi) is 6.32. The summed E-state index contributed by atoms with van der Waals surface area (Å²) in [5.41, 5.74) is 0.475. The van der Waals surface area contributed by atoms with E-state index >= 15 is 0 Å². The number of benzene rings is 1. The third-order valence-corrected chi connectivity index (χ3v) is 4.17. The number of hydrogen-bond donors (Lipinski definition) is 3. The second-order valence-corrected chi connectivity index (χ2v) is 6.09. The Balaban J connectivity index is 3.02. The lowest BCUT2D eigenvalue weighted by Crippen LogP contribution is -2.29. The van der Waals surface area contributed by atoms with Crippen molar-refractivity contribution in [2.24, 2.45) is 0 Å². The van der Waals surface area contributed by atoms with Gasteiger partial charge in [0, 0.05) is 18.5 Å². The summed E-state index contributed by atoms with van der Waals surface area (Å²) in [6.45, 7) is 1.09. The summed E-state index contributed by atoms with van der Waals surface area (Å²) < 4.78 is 31.0. The fourth-order valence-electron chi connectivity index (χ4n) is 1.62. The van der Waals surface area contributed by atoms with Crippen LogP contribution in [0.2, 0.25) is 0 Å². The standard InChI is InChI=1S/C13H18N2O6S/c1-3-12(16)14-7-9-6-10(4-5-11(9)21-2)22(19,20)15-8-13(17)18/h4-6,15H,3,7-8H2,1-2H3,(H,14,16)(H,17,18). The predicted molar refractivity (Wildman–Crippen MR) is 78.0 cm³/mol. The van der Waals surface area contributed by atoms with Crippen molar-refractivity contribution in [2.45, 2.75) is 24.8 Å². The average Bonchev–Trinajstić information content (AvgIpc) is 2.50. The molecule has 0 unspecified atom stereocenters. The lowest BCUT2D eigenvalue weighted by atomic mass is 10.2. The summed E-state index contributed by atoms with van der Waals surface area (Å²) in [5, 5.41) is 11.2. The van der Waals surface area contributed by atoms with Crippen LogP contribution in [0.15, 0.2) is 23.1 Å². The van der Waals surface area contributed by atoms with E-state index in [4.69, 9.17) is 9.84 Å². The van der Waals surface area contributed by atoms with E-state index in [0.29, 0.717) is 17.7 Å². The van der Waals surface area contributed by atoms with Crippen LogP contribution in [-0.2, 0) is 26.2 Å². The number of carboxylic acid groups (broad SMARTS) is 1. The van der Waals surface area contributed by atoms with Gasteiger partial charge < -0.3 is 15.2 Å². The molecule has 0 fully saturated rings. The fraction of sp³-hybridized carbons (Fsp3) is 0.385. The first-order valence-electron chi connectivity index (χ1n) is 6.45. The highest BCUT2D eigenvalue weighted by atomic mass is 32.2. The van der Waals surface area contributed by atoms with Gasteiger partial charge in [-0.1, -0.05) is 6.92 Å². The second kappa shape index (κ2) is 7.76. The van der Waals surface area contributed by atoms with Gasteiger partial charge in [0.25, 0.3) is 0 Å². The van der Waals surface area contributed by atoms with E-state index in [0.717, 1.165) is 0 Å². The Hall–Kier alpha value is -2.13. The highest BCUT2D eigenvalue weighted by molar-refractivity contribution is 7.89. The molecule has 0 aliphatic heterocycles. The molecule has 0 atom stereocenters. The Morgan fingerprint density at radius 3 is 2.55 bits per heavy atom. The second-order valence-electron chi connectivity index (χ2n) is 4.32. The molecule has 1 amide bonds. The van der Waals surface area contributed by atoms with Crippen LogP contribution in [0.25, 0.3) is 0 Å². The Morgan fingerprint density at radius 1 is 1.32 bits per heavy atom. The summed E-state index contributed by atoms with van der Waals surface area (Å²) in [6.07, 6.45) is 0.306. The van der Waals surface area contributed by atoms with Gasteiger partial charge in [-0.25, -0.2) is 8.42 Å². The number of rotatable bonds is 8. The number of carbonyl (C=O) groups excluding carboxylic acids is 1. The maximum Gasteiger partial charge on any atom is 0.318 e. The van der Waals surface area contributed by atoms with Crippen molar-refractivity contribution in [2.75, 3.05) is 13.7 Å². The summed E-state index contributed by atoms with van der Waals surface area (Å²) in [5.74, 6) is -1.04. The molecular weight excluding hydrogens is 312 g/mol. The largest absolute Gasteiger partial charge is 0.496 e. The molecule has 0 spiro atoms. The topological polar surface area (TPSA) is 122 Å².